The van der Waals surface area contributed by atoms with Gasteiger partial charge in [0.2, 0.25) is 11.8 Å². The van der Waals surface area contributed by atoms with E-state index in [0.717, 1.165) is 5.69 Å². The summed E-state index contributed by atoms with van der Waals surface area (Å²) in [6, 6.07) is 9.14. The topological polar surface area (TPSA) is 76.5 Å². The third-order valence-electron chi connectivity index (χ3n) is 4.38. The molecule has 1 N–H and O–H groups in total. The van der Waals surface area contributed by atoms with Gasteiger partial charge in [0.25, 0.3) is 0 Å². The van der Waals surface area contributed by atoms with E-state index in [2.05, 4.69) is 10.4 Å². The fourth-order valence-electron chi connectivity index (χ4n) is 2.75. The molecule has 0 aliphatic rings. The number of nitrogens with one attached hydrogen (secondary N) is 1. The number of methoxy groups -OCH3 is 1. The first-order valence-corrected chi connectivity index (χ1v) is 9.91. The van der Waals surface area contributed by atoms with E-state index in [1.54, 1.807) is 17.9 Å². The number of aromatic nitrogens is 2. The average Bonchev–Trinajstić information content (AvgIpc) is 3.05. The molecule has 2 rings (SSSR count). The highest BCUT2D eigenvalue weighted by Crippen LogP contribution is 2.29. The summed E-state index contributed by atoms with van der Waals surface area (Å²) in [5.41, 5.74) is 1.28. The Bertz CT molecular complexity index is 858. The first-order valence-electron chi connectivity index (χ1n) is 9.53. The maximum atomic E-state index is 12.7. The van der Waals surface area contributed by atoms with E-state index in [-0.39, 0.29) is 23.8 Å². The van der Waals surface area contributed by atoms with Crippen LogP contribution in [0.25, 0.3) is 5.69 Å². The van der Waals surface area contributed by atoms with Gasteiger partial charge in [-0.2, -0.15) is 5.10 Å². The SMILES string of the molecule is COCCCN(CC(=O)Nc1cc(C(C)(C)C)nn1-c1ccccc1Cl)C(C)=O. The van der Waals surface area contributed by atoms with Crippen LogP contribution in [0.5, 0.6) is 0 Å². The van der Waals surface area contributed by atoms with Crippen molar-refractivity contribution in [2.24, 2.45) is 0 Å². The highest BCUT2D eigenvalue weighted by molar-refractivity contribution is 6.32. The van der Waals surface area contributed by atoms with E-state index in [9.17, 15) is 9.59 Å². The summed E-state index contributed by atoms with van der Waals surface area (Å²) in [6.45, 7) is 8.53. The predicted molar refractivity (Wildman–Crippen MR) is 115 cm³/mol. The van der Waals surface area contributed by atoms with Gasteiger partial charge in [-0.3, -0.25) is 9.59 Å². The lowest BCUT2D eigenvalue weighted by Gasteiger charge is -2.20. The van der Waals surface area contributed by atoms with Gasteiger partial charge in [-0.1, -0.05) is 44.5 Å². The Kier molecular flexibility index (Phi) is 7.81. The van der Waals surface area contributed by atoms with Crippen LogP contribution in [0.2, 0.25) is 5.02 Å². The minimum absolute atomic E-state index is 0.0440. The van der Waals surface area contributed by atoms with Crippen LogP contribution < -0.4 is 5.32 Å². The molecule has 7 nitrogen and oxygen atoms in total. The number of halogens is 1. The van der Waals surface area contributed by atoms with E-state index in [4.69, 9.17) is 16.3 Å². The van der Waals surface area contributed by atoms with Crippen LogP contribution in [-0.2, 0) is 19.7 Å². The van der Waals surface area contributed by atoms with Crippen LogP contribution in [-0.4, -0.2) is 53.3 Å². The summed E-state index contributed by atoms with van der Waals surface area (Å²) in [5, 5.41) is 8.07. The Balaban J connectivity index is 2.26. The van der Waals surface area contributed by atoms with Gasteiger partial charge < -0.3 is 15.0 Å². The number of amides is 2. The molecule has 2 aromatic rings. The number of para-hydroxylation sites is 1. The monoisotopic (exact) mass is 420 g/mol. The first-order chi connectivity index (χ1) is 13.6. The predicted octanol–water partition coefficient (Wildman–Crippen LogP) is 3.65. The third kappa shape index (κ3) is 6.30. The molecule has 158 valence electrons. The van der Waals surface area contributed by atoms with Crippen molar-refractivity contribution in [3.8, 4) is 5.69 Å². The van der Waals surface area contributed by atoms with Gasteiger partial charge in [0.05, 0.1) is 22.9 Å². The lowest BCUT2D eigenvalue weighted by Crippen LogP contribution is -2.37. The van der Waals surface area contributed by atoms with Gasteiger partial charge in [0.15, 0.2) is 0 Å². The molecule has 8 heteroatoms. The fourth-order valence-corrected chi connectivity index (χ4v) is 2.96. The first kappa shape index (κ1) is 22.9. The molecule has 1 aromatic carbocycles. The minimum Gasteiger partial charge on any atom is -0.385 e. The molecule has 0 spiro atoms. The van der Waals surface area contributed by atoms with Crippen molar-refractivity contribution < 1.29 is 14.3 Å². The molecule has 0 fully saturated rings. The van der Waals surface area contributed by atoms with Gasteiger partial charge in [-0.05, 0) is 18.6 Å². The Hall–Kier alpha value is -2.38. The third-order valence-corrected chi connectivity index (χ3v) is 4.70. The molecule has 1 heterocycles. The quantitative estimate of drug-likeness (QED) is 0.661. The second-order valence-electron chi connectivity index (χ2n) is 7.86. The lowest BCUT2D eigenvalue weighted by atomic mass is 9.92. The van der Waals surface area contributed by atoms with Crippen LogP contribution in [0, 0.1) is 0 Å². The van der Waals surface area contributed by atoms with E-state index < -0.39 is 0 Å². The van der Waals surface area contributed by atoms with Crippen molar-refractivity contribution in [3.63, 3.8) is 0 Å². The number of ether oxygens (including phenoxy) is 1. The Morgan fingerprint density at radius 3 is 2.55 bits per heavy atom. The van der Waals surface area contributed by atoms with Crippen LogP contribution >= 0.6 is 11.6 Å². The standard InChI is InChI=1S/C21H29ClN4O3/c1-15(27)25(11-8-12-29-5)14-20(28)23-19-13-18(21(2,3)4)24-26(19)17-10-7-6-9-16(17)22/h6-7,9-10,13H,8,11-12,14H2,1-5H3,(H,23,28). The van der Waals surface area contributed by atoms with Crippen molar-refractivity contribution in [2.45, 2.75) is 39.5 Å². The Morgan fingerprint density at radius 2 is 1.97 bits per heavy atom. The van der Waals surface area contributed by atoms with Crippen molar-refractivity contribution in [1.82, 2.24) is 14.7 Å². The highest BCUT2D eigenvalue weighted by atomic mass is 35.5. The van der Waals surface area contributed by atoms with E-state index in [0.29, 0.717) is 36.1 Å². The number of benzene rings is 1. The smallest absolute Gasteiger partial charge is 0.245 e. The summed E-state index contributed by atoms with van der Waals surface area (Å²) < 4.78 is 6.65. The van der Waals surface area contributed by atoms with Gasteiger partial charge in [-0.25, -0.2) is 4.68 Å². The Morgan fingerprint density at radius 1 is 1.28 bits per heavy atom. The van der Waals surface area contributed by atoms with Gasteiger partial charge in [0, 0.05) is 38.7 Å². The zero-order valence-electron chi connectivity index (χ0n) is 17.7. The van der Waals surface area contributed by atoms with E-state index in [1.165, 1.54) is 11.8 Å². The molecule has 0 saturated carbocycles. The molecule has 0 atom stereocenters. The lowest BCUT2D eigenvalue weighted by molar-refractivity contribution is -0.132. The van der Waals surface area contributed by atoms with Crippen molar-refractivity contribution in [3.05, 3.63) is 41.0 Å². The number of rotatable bonds is 8. The van der Waals surface area contributed by atoms with Crippen LogP contribution in [0.3, 0.4) is 0 Å². The van der Waals surface area contributed by atoms with Gasteiger partial charge in [-0.15, -0.1) is 0 Å². The zero-order chi connectivity index (χ0) is 21.6. The molecule has 0 aliphatic carbocycles. The number of hydrogen-bond donors (Lipinski definition) is 1. The zero-order valence-corrected chi connectivity index (χ0v) is 18.4. The van der Waals surface area contributed by atoms with Crippen molar-refractivity contribution >= 4 is 29.2 Å². The van der Waals surface area contributed by atoms with Crippen LogP contribution in [0.15, 0.2) is 30.3 Å². The highest BCUT2D eigenvalue weighted by Gasteiger charge is 2.23. The van der Waals surface area contributed by atoms with Crippen LogP contribution in [0.1, 0.15) is 39.8 Å². The minimum atomic E-state index is -0.300. The molecule has 1 aromatic heterocycles. The molecular weight excluding hydrogens is 392 g/mol. The molecule has 0 unspecified atom stereocenters. The summed E-state index contributed by atoms with van der Waals surface area (Å²) in [7, 11) is 1.60. The Labute approximate surface area is 177 Å². The molecule has 29 heavy (non-hydrogen) atoms. The number of hydrogen-bond acceptors (Lipinski definition) is 4. The molecule has 0 aliphatic heterocycles. The molecular formula is C21H29ClN4O3. The summed E-state index contributed by atoms with van der Waals surface area (Å²) in [4.78, 5) is 26.0. The normalized spacial score (nSPS) is 11.4. The maximum absolute atomic E-state index is 12.7. The second-order valence-corrected chi connectivity index (χ2v) is 8.27. The number of carbonyl (C=O) groups excluding carboxylic acids is 2. The maximum Gasteiger partial charge on any atom is 0.245 e. The number of carbonyl (C=O) groups is 2. The van der Waals surface area contributed by atoms with E-state index >= 15 is 0 Å². The molecule has 0 bridgehead atoms. The summed E-state index contributed by atoms with van der Waals surface area (Å²) in [5.74, 6) is 0.0472. The fraction of sp³-hybridized carbons (Fsp3) is 0.476. The van der Waals surface area contributed by atoms with Crippen molar-refractivity contribution in [1.29, 1.82) is 0 Å². The molecule has 0 radical (unpaired) electrons. The summed E-state index contributed by atoms with van der Waals surface area (Å²) >= 11 is 6.35. The van der Waals surface area contributed by atoms with Gasteiger partial charge >= 0.3 is 0 Å². The second kappa shape index (κ2) is 9.89. The van der Waals surface area contributed by atoms with Crippen molar-refractivity contribution in [2.75, 3.05) is 32.1 Å². The molecule has 0 saturated heterocycles. The average molecular weight is 421 g/mol. The van der Waals surface area contributed by atoms with E-state index in [1.807, 2.05) is 45.0 Å². The summed E-state index contributed by atoms with van der Waals surface area (Å²) in [6.07, 6.45) is 0.662. The number of anilines is 1. The largest absolute Gasteiger partial charge is 0.385 e. The van der Waals surface area contributed by atoms with Crippen LogP contribution in [0.4, 0.5) is 5.82 Å². The number of nitrogens with zero attached hydrogens (tertiary/aromatic N) is 3. The molecule has 2 amide bonds. The van der Waals surface area contributed by atoms with Gasteiger partial charge in [0.1, 0.15) is 5.82 Å².